The van der Waals surface area contributed by atoms with Crippen LogP contribution in [-0.4, -0.2) is 49.1 Å². The Bertz CT molecular complexity index is 1480. The zero-order valence-corrected chi connectivity index (χ0v) is 23.0. The van der Waals surface area contributed by atoms with Crippen molar-refractivity contribution in [2.45, 2.75) is 26.7 Å². The first-order valence-corrected chi connectivity index (χ1v) is 15.3. The van der Waals surface area contributed by atoms with Gasteiger partial charge in [-0.05, 0) is 62.4 Å². The van der Waals surface area contributed by atoms with Crippen molar-refractivity contribution in [1.29, 1.82) is 0 Å². The molecule has 1 saturated carbocycles. The number of nitrogens with two attached hydrogens (primary N) is 1. The first kappa shape index (κ1) is 27.0. The zero-order chi connectivity index (χ0) is 27.1. The summed E-state index contributed by atoms with van der Waals surface area (Å²) < 4.78 is 57.6. The highest BCUT2D eigenvalue weighted by molar-refractivity contribution is 7.98. The predicted molar refractivity (Wildman–Crippen MR) is 144 cm³/mol. The van der Waals surface area contributed by atoms with Crippen LogP contribution < -0.4 is 19.0 Å². The zero-order valence-electron chi connectivity index (χ0n) is 21.4. The minimum absolute atomic E-state index is 0.0786. The molecule has 2 aromatic carbocycles. The number of nitrogens with zero attached hydrogens (tertiary/aromatic N) is 2. The number of aliphatic hydroxyl groups is 1. The molecule has 1 fully saturated rings. The van der Waals surface area contributed by atoms with E-state index >= 15 is 0 Å². The van der Waals surface area contributed by atoms with Crippen LogP contribution in [-0.2, 0) is 20.0 Å². The summed E-state index contributed by atoms with van der Waals surface area (Å²) in [4.78, 5) is -0.471. The predicted octanol–water partition coefficient (Wildman–Crippen LogP) is 2.20. The molecule has 200 valence electrons. The average Bonchev–Trinajstić information content (AvgIpc) is 3.68. The summed E-state index contributed by atoms with van der Waals surface area (Å²) in [5, 5.41) is 25.9. The monoisotopic (exact) mass is 547 g/mol. The quantitative estimate of drug-likeness (QED) is 0.589. The maximum atomic E-state index is 13.8. The molecule has 0 bridgehead atoms. The molecular weight excluding hydrogens is 514 g/mol. The van der Waals surface area contributed by atoms with Crippen molar-refractivity contribution >= 4 is 43.3 Å². The van der Waals surface area contributed by atoms with Gasteiger partial charge in [0, 0.05) is 24.6 Å². The van der Waals surface area contributed by atoms with E-state index in [0.29, 0.717) is 24.1 Å². The summed E-state index contributed by atoms with van der Waals surface area (Å²) in [5.74, 6) is -2.16. The van der Waals surface area contributed by atoms with E-state index < -0.39 is 31.7 Å². The van der Waals surface area contributed by atoms with Gasteiger partial charge in [0.05, 0.1) is 30.4 Å². The minimum Gasteiger partial charge on any atom is -0.872 e. The van der Waals surface area contributed by atoms with Gasteiger partial charge in [-0.2, -0.15) is 0 Å². The lowest BCUT2D eigenvalue weighted by Gasteiger charge is -2.38. The molecule has 2 aromatic rings. The number of hydrogen-bond donors (Lipinski definition) is 2. The third-order valence-electron chi connectivity index (χ3n) is 6.67. The fraction of sp³-hybridized carbons (Fsp3) is 0.385. The molecule has 0 amide bonds. The summed E-state index contributed by atoms with van der Waals surface area (Å²) in [5.41, 5.74) is 1.17. The highest BCUT2D eigenvalue weighted by atomic mass is 32.2. The second-order valence-electron chi connectivity index (χ2n) is 9.20. The number of fused-ring (bicyclic) bond motifs is 2. The molecule has 2 heterocycles. The van der Waals surface area contributed by atoms with Crippen LogP contribution in [0.5, 0.6) is 5.75 Å². The van der Waals surface area contributed by atoms with Gasteiger partial charge in [-0.1, -0.05) is 30.0 Å². The molecule has 0 radical (unpaired) electrons. The van der Waals surface area contributed by atoms with Crippen molar-refractivity contribution in [3.8, 4) is 5.75 Å². The normalized spacial score (nSPS) is 20.3. The van der Waals surface area contributed by atoms with E-state index in [0.717, 1.165) is 4.31 Å². The molecular formula is C26H33N3O6S2. The van der Waals surface area contributed by atoms with E-state index in [1.807, 2.05) is 19.4 Å². The Hall–Kier alpha value is -3.02. The number of rotatable bonds is 5. The second-order valence-corrected chi connectivity index (χ2v) is 12.9. The topological polar surface area (TPSA) is 135 Å². The standard InChI is InChI=1S/C24H26N2O6S2.C2H7N/c1-3-25-19-10-7-11-20(27)17(19)14-21(33(25,29)30)22(15-12-13-15)24-23(28)16-8-5-6-9-18(16)26(4-2)34(24,31)32;1-3-2/h5-11,14-15,22,27-28H,3-4,12-13H2,1-2H3;3H,1-2H3. The van der Waals surface area contributed by atoms with Crippen molar-refractivity contribution < 1.29 is 32.4 Å². The maximum Gasteiger partial charge on any atom is 0.264 e. The van der Waals surface area contributed by atoms with Crippen LogP contribution in [0.25, 0.3) is 11.8 Å². The molecule has 0 spiro atoms. The molecule has 5 rings (SSSR count). The van der Waals surface area contributed by atoms with Gasteiger partial charge in [-0.15, -0.1) is 0 Å². The fourth-order valence-electron chi connectivity index (χ4n) is 5.01. The summed E-state index contributed by atoms with van der Waals surface area (Å²) in [6.07, 6.45) is 2.56. The molecule has 9 nitrogen and oxygen atoms in total. The number of benzene rings is 2. The summed E-state index contributed by atoms with van der Waals surface area (Å²) in [6, 6.07) is 11.1. The first-order valence-electron chi connectivity index (χ1n) is 12.4. The molecule has 1 unspecified atom stereocenters. The Morgan fingerprint density at radius 2 is 1.51 bits per heavy atom. The van der Waals surface area contributed by atoms with Gasteiger partial charge in [-0.3, -0.25) is 8.61 Å². The molecule has 1 atom stereocenters. The van der Waals surface area contributed by atoms with Crippen molar-refractivity contribution in [1.82, 2.24) is 0 Å². The lowest BCUT2D eigenvalue weighted by atomic mass is 9.96. The van der Waals surface area contributed by atoms with Crippen LogP contribution in [0.15, 0.2) is 52.3 Å². The largest absolute Gasteiger partial charge is 0.872 e. The van der Waals surface area contributed by atoms with Crippen LogP contribution in [0.1, 0.15) is 37.8 Å². The lowest BCUT2D eigenvalue weighted by Crippen LogP contribution is -2.74. The third kappa shape index (κ3) is 4.38. The molecule has 0 aromatic heterocycles. The number of hydrogen-bond acceptors (Lipinski definition) is 6. The van der Waals surface area contributed by atoms with E-state index in [4.69, 9.17) is 0 Å². The molecule has 37 heavy (non-hydrogen) atoms. The van der Waals surface area contributed by atoms with E-state index in [1.165, 1.54) is 22.5 Å². The lowest BCUT2D eigenvalue weighted by molar-refractivity contribution is -0.597. The first-order chi connectivity index (χ1) is 17.6. The Kier molecular flexibility index (Phi) is 7.33. The smallest absolute Gasteiger partial charge is 0.264 e. The molecule has 1 aliphatic carbocycles. The van der Waals surface area contributed by atoms with Crippen molar-refractivity contribution in [3.63, 3.8) is 0 Å². The molecule has 11 heteroatoms. The van der Waals surface area contributed by atoms with Crippen LogP contribution in [0, 0.1) is 11.8 Å². The van der Waals surface area contributed by atoms with E-state index in [9.17, 15) is 27.0 Å². The Morgan fingerprint density at radius 3 is 2.11 bits per heavy atom. The van der Waals surface area contributed by atoms with Crippen molar-refractivity contribution in [2.75, 3.05) is 35.8 Å². The average molecular weight is 548 g/mol. The number of allylic oxidation sites excluding steroid dienone is 2. The number of sulfonamides is 2. The molecule has 2 aliphatic heterocycles. The molecule has 3 N–H and O–H groups in total. The van der Waals surface area contributed by atoms with Crippen molar-refractivity contribution in [2.24, 2.45) is 11.8 Å². The summed E-state index contributed by atoms with van der Waals surface area (Å²) >= 11 is 0. The SMILES string of the molecule is CCN1c2ccccc2C(O)=C(C(C2=Cc3c([O-])cccc3N(CC)S2(=O)=O)C2CC2)S1(=O)=O.C[NH2+]C. The number of para-hydroxylation sites is 1. The van der Waals surface area contributed by atoms with Crippen molar-refractivity contribution in [3.05, 3.63) is 63.4 Å². The van der Waals surface area contributed by atoms with Gasteiger partial charge in [-0.25, -0.2) is 16.8 Å². The Balaban J connectivity index is 0.00000102. The number of aliphatic hydroxyl groups excluding tert-OH is 1. The third-order valence-corrected chi connectivity index (χ3v) is 10.7. The van der Waals surface area contributed by atoms with Gasteiger partial charge < -0.3 is 15.5 Å². The summed E-state index contributed by atoms with van der Waals surface area (Å²) in [7, 11) is -4.38. The minimum atomic E-state index is -4.23. The van der Waals surface area contributed by atoms with Gasteiger partial charge in [0.15, 0.2) is 0 Å². The van der Waals surface area contributed by atoms with Crippen LogP contribution in [0.2, 0.25) is 0 Å². The van der Waals surface area contributed by atoms with Gasteiger partial charge in [0.1, 0.15) is 10.7 Å². The Labute approximate surface area is 218 Å². The number of anilines is 2. The molecule has 0 saturated heterocycles. The summed E-state index contributed by atoms with van der Waals surface area (Å²) in [6.45, 7) is 3.55. The van der Waals surface area contributed by atoms with Crippen LogP contribution in [0.3, 0.4) is 0 Å². The van der Waals surface area contributed by atoms with Gasteiger partial charge in [0.25, 0.3) is 20.0 Å². The number of quaternary nitrogens is 1. The highest BCUT2D eigenvalue weighted by Crippen LogP contribution is 2.54. The Morgan fingerprint density at radius 1 is 0.946 bits per heavy atom. The highest BCUT2D eigenvalue weighted by Gasteiger charge is 2.51. The van der Waals surface area contributed by atoms with E-state index in [1.54, 1.807) is 44.2 Å². The van der Waals surface area contributed by atoms with Gasteiger partial charge >= 0.3 is 0 Å². The van der Waals surface area contributed by atoms with Crippen LogP contribution in [0.4, 0.5) is 11.4 Å². The molecule has 3 aliphatic rings. The van der Waals surface area contributed by atoms with E-state index in [-0.39, 0.29) is 45.8 Å². The van der Waals surface area contributed by atoms with Crippen LogP contribution >= 0.6 is 0 Å². The fourth-order valence-corrected chi connectivity index (χ4v) is 8.98. The van der Waals surface area contributed by atoms with E-state index in [2.05, 4.69) is 0 Å². The maximum absolute atomic E-state index is 13.8. The second kappa shape index (κ2) is 10.0. The van der Waals surface area contributed by atoms with Gasteiger partial charge in [0.2, 0.25) is 0 Å².